The van der Waals surface area contributed by atoms with Gasteiger partial charge in [0.05, 0.1) is 6.61 Å². The van der Waals surface area contributed by atoms with E-state index < -0.39 is 0 Å². The summed E-state index contributed by atoms with van der Waals surface area (Å²) in [5.41, 5.74) is 0. The van der Waals surface area contributed by atoms with Crippen LogP contribution in [-0.4, -0.2) is 32.1 Å². The molecule has 1 fully saturated rings. The third-order valence-electron chi connectivity index (χ3n) is 3.65. The van der Waals surface area contributed by atoms with Gasteiger partial charge in [0.1, 0.15) is 11.6 Å². The van der Waals surface area contributed by atoms with Crippen molar-refractivity contribution in [1.29, 1.82) is 0 Å². The molecule has 0 aliphatic carbocycles. The number of hydrogen-bond donors (Lipinski definition) is 2. The van der Waals surface area contributed by atoms with Crippen LogP contribution in [-0.2, 0) is 4.79 Å². The van der Waals surface area contributed by atoms with Crippen LogP contribution in [0.5, 0.6) is 5.75 Å². The number of rotatable bonds is 8. The summed E-state index contributed by atoms with van der Waals surface area (Å²) in [5.74, 6) is 0.946. The maximum absolute atomic E-state index is 12.9. The molecule has 116 valence electrons. The van der Waals surface area contributed by atoms with E-state index in [4.69, 9.17) is 4.74 Å². The van der Waals surface area contributed by atoms with Crippen LogP contribution in [0.2, 0.25) is 0 Å². The van der Waals surface area contributed by atoms with E-state index in [9.17, 15) is 9.18 Å². The number of carbonyl (C=O) groups excluding carboxylic acids is 1. The van der Waals surface area contributed by atoms with E-state index in [2.05, 4.69) is 10.6 Å². The highest BCUT2D eigenvalue weighted by atomic mass is 19.1. The second-order valence-electron chi connectivity index (χ2n) is 5.41. The van der Waals surface area contributed by atoms with Gasteiger partial charge >= 0.3 is 0 Å². The van der Waals surface area contributed by atoms with Crippen LogP contribution in [0, 0.1) is 11.7 Å². The van der Waals surface area contributed by atoms with Crippen molar-refractivity contribution in [3.05, 3.63) is 30.1 Å². The van der Waals surface area contributed by atoms with Crippen LogP contribution in [0.3, 0.4) is 0 Å². The van der Waals surface area contributed by atoms with Crippen molar-refractivity contribution in [2.75, 3.05) is 26.2 Å². The zero-order chi connectivity index (χ0) is 14.9. The zero-order valence-corrected chi connectivity index (χ0v) is 12.2. The molecule has 0 radical (unpaired) electrons. The van der Waals surface area contributed by atoms with Gasteiger partial charge in [-0.25, -0.2) is 4.39 Å². The third-order valence-corrected chi connectivity index (χ3v) is 3.65. The Bertz CT molecular complexity index is 448. The highest BCUT2D eigenvalue weighted by molar-refractivity contribution is 5.75. The molecule has 0 saturated carbocycles. The standard InChI is InChI=1S/C16H23FN2O2/c17-14-3-1-4-15(11-14)21-10-2-5-16(20)19-9-7-13-6-8-18-12-13/h1,3-4,11,13,18H,2,5-10,12H2,(H,19,20). The number of hydrogen-bond acceptors (Lipinski definition) is 3. The molecule has 1 unspecified atom stereocenters. The van der Waals surface area contributed by atoms with E-state index in [0.717, 1.165) is 26.1 Å². The minimum atomic E-state index is -0.313. The van der Waals surface area contributed by atoms with E-state index in [1.54, 1.807) is 12.1 Å². The van der Waals surface area contributed by atoms with Crippen molar-refractivity contribution >= 4 is 5.91 Å². The molecule has 1 heterocycles. The van der Waals surface area contributed by atoms with Crippen LogP contribution in [0.15, 0.2) is 24.3 Å². The summed E-state index contributed by atoms with van der Waals surface area (Å²) in [4.78, 5) is 11.6. The molecule has 2 N–H and O–H groups in total. The van der Waals surface area contributed by atoms with Crippen molar-refractivity contribution < 1.29 is 13.9 Å². The lowest BCUT2D eigenvalue weighted by Gasteiger charge is -2.09. The van der Waals surface area contributed by atoms with E-state index >= 15 is 0 Å². The van der Waals surface area contributed by atoms with Crippen LogP contribution in [0.25, 0.3) is 0 Å². The number of nitrogens with one attached hydrogen (secondary N) is 2. The molecule has 5 heteroatoms. The fourth-order valence-corrected chi connectivity index (χ4v) is 2.44. The Balaban J connectivity index is 1.50. The normalized spacial score (nSPS) is 17.7. The lowest BCUT2D eigenvalue weighted by atomic mass is 10.1. The van der Waals surface area contributed by atoms with Crippen LogP contribution in [0.4, 0.5) is 4.39 Å². The molecule has 1 saturated heterocycles. The monoisotopic (exact) mass is 294 g/mol. The topological polar surface area (TPSA) is 50.4 Å². The van der Waals surface area contributed by atoms with Crippen molar-refractivity contribution in [2.24, 2.45) is 5.92 Å². The average molecular weight is 294 g/mol. The maximum Gasteiger partial charge on any atom is 0.220 e. The van der Waals surface area contributed by atoms with Crippen molar-refractivity contribution in [3.8, 4) is 5.75 Å². The summed E-state index contributed by atoms with van der Waals surface area (Å²) >= 11 is 0. The van der Waals surface area contributed by atoms with E-state index in [1.807, 2.05) is 0 Å². The Morgan fingerprint density at radius 3 is 3.14 bits per heavy atom. The predicted octanol–water partition coefficient (Wildman–Crippen LogP) is 2.10. The zero-order valence-electron chi connectivity index (χ0n) is 12.2. The molecule has 1 atom stereocenters. The fraction of sp³-hybridized carbons (Fsp3) is 0.562. The Kier molecular flexibility index (Phi) is 6.47. The molecular weight excluding hydrogens is 271 g/mol. The lowest BCUT2D eigenvalue weighted by Crippen LogP contribution is -2.26. The Morgan fingerprint density at radius 1 is 1.48 bits per heavy atom. The molecule has 0 aromatic heterocycles. The molecule has 1 aromatic carbocycles. The van der Waals surface area contributed by atoms with Crippen molar-refractivity contribution in [3.63, 3.8) is 0 Å². The van der Waals surface area contributed by atoms with Gasteiger partial charge in [0.25, 0.3) is 0 Å². The van der Waals surface area contributed by atoms with E-state index in [-0.39, 0.29) is 11.7 Å². The summed E-state index contributed by atoms with van der Waals surface area (Å²) in [7, 11) is 0. The molecule has 0 bridgehead atoms. The number of ether oxygens (including phenoxy) is 1. The highest BCUT2D eigenvalue weighted by Gasteiger charge is 2.13. The van der Waals surface area contributed by atoms with Gasteiger partial charge in [0, 0.05) is 19.0 Å². The molecule has 1 aliphatic heterocycles. The second-order valence-corrected chi connectivity index (χ2v) is 5.41. The maximum atomic E-state index is 12.9. The quantitative estimate of drug-likeness (QED) is 0.722. The minimum Gasteiger partial charge on any atom is -0.493 e. The first-order valence-corrected chi connectivity index (χ1v) is 7.60. The SMILES string of the molecule is O=C(CCCOc1cccc(F)c1)NCCC1CCNC1. The van der Waals surface area contributed by atoms with E-state index in [0.29, 0.717) is 31.1 Å². The van der Waals surface area contributed by atoms with Gasteiger partial charge in [-0.15, -0.1) is 0 Å². The lowest BCUT2D eigenvalue weighted by molar-refractivity contribution is -0.121. The molecular formula is C16H23FN2O2. The molecule has 0 spiro atoms. The second kappa shape index (κ2) is 8.62. The van der Waals surface area contributed by atoms with Gasteiger partial charge in [-0.1, -0.05) is 6.07 Å². The molecule has 21 heavy (non-hydrogen) atoms. The fourth-order valence-electron chi connectivity index (χ4n) is 2.44. The third kappa shape index (κ3) is 6.12. The average Bonchev–Trinajstić information content (AvgIpc) is 2.97. The first kappa shape index (κ1) is 15.8. The smallest absolute Gasteiger partial charge is 0.220 e. The first-order chi connectivity index (χ1) is 10.2. The van der Waals surface area contributed by atoms with Gasteiger partial charge in [-0.3, -0.25) is 4.79 Å². The summed E-state index contributed by atoms with van der Waals surface area (Å²) in [6.45, 7) is 3.33. The highest BCUT2D eigenvalue weighted by Crippen LogP contribution is 2.12. The number of carbonyl (C=O) groups is 1. The van der Waals surface area contributed by atoms with Crippen LogP contribution in [0.1, 0.15) is 25.7 Å². The Labute approximate surface area is 125 Å². The summed E-state index contributed by atoms with van der Waals surface area (Å²) in [6.07, 6.45) is 3.32. The predicted molar refractivity (Wildman–Crippen MR) is 79.7 cm³/mol. The van der Waals surface area contributed by atoms with Gasteiger partial charge in [0.15, 0.2) is 0 Å². The number of amides is 1. The molecule has 2 rings (SSSR count). The van der Waals surface area contributed by atoms with Crippen molar-refractivity contribution in [2.45, 2.75) is 25.7 Å². The van der Waals surface area contributed by atoms with Gasteiger partial charge < -0.3 is 15.4 Å². The number of benzene rings is 1. The molecule has 1 aliphatic rings. The van der Waals surface area contributed by atoms with Gasteiger partial charge in [-0.05, 0) is 50.4 Å². The summed E-state index contributed by atoms with van der Waals surface area (Å²) < 4.78 is 18.3. The number of halogens is 1. The first-order valence-electron chi connectivity index (χ1n) is 7.60. The van der Waals surface area contributed by atoms with Crippen LogP contribution >= 0.6 is 0 Å². The summed E-state index contributed by atoms with van der Waals surface area (Å²) in [5, 5.41) is 6.25. The van der Waals surface area contributed by atoms with Gasteiger partial charge in [0.2, 0.25) is 5.91 Å². The Hall–Kier alpha value is -1.62. The Morgan fingerprint density at radius 2 is 2.38 bits per heavy atom. The molecule has 4 nitrogen and oxygen atoms in total. The van der Waals surface area contributed by atoms with Crippen LogP contribution < -0.4 is 15.4 Å². The summed E-state index contributed by atoms with van der Waals surface area (Å²) in [6, 6.07) is 6.03. The molecule has 1 aromatic rings. The van der Waals surface area contributed by atoms with Crippen molar-refractivity contribution in [1.82, 2.24) is 10.6 Å². The largest absolute Gasteiger partial charge is 0.493 e. The minimum absolute atomic E-state index is 0.0591. The molecule has 1 amide bonds. The van der Waals surface area contributed by atoms with Gasteiger partial charge in [-0.2, -0.15) is 0 Å². The van der Waals surface area contributed by atoms with E-state index in [1.165, 1.54) is 18.6 Å².